The average molecular weight is 307 g/mol. The highest BCUT2D eigenvalue weighted by Gasteiger charge is 2.18. The number of primary amides is 1. The number of nitrogens with two attached hydrogens (primary N) is 1. The molecule has 1 aromatic heterocycles. The molecule has 0 saturated carbocycles. The maximum Gasteiger partial charge on any atom is 0.265 e. The minimum absolute atomic E-state index is 0.0668. The third-order valence-electron chi connectivity index (χ3n) is 3.41. The van der Waals surface area contributed by atoms with Crippen molar-refractivity contribution in [2.45, 2.75) is 26.5 Å². The molecule has 1 unspecified atom stereocenters. The molecular weight excluding hydrogens is 288 g/mol. The Labute approximate surface area is 129 Å². The number of carbonyl (C=O) groups is 1. The zero-order valence-corrected chi connectivity index (χ0v) is 12.8. The number of aliphatic hydroxyl groups excluding tert-OH is 1. The molecule has 1 atom stereocenters. The van der Waals surface area contributed by atoms with Gasteiger partial charge in [-0.25, -0.2) is 0 Å². The number of benzene rings is 1. The van der Waals surface area contributed by atoms with Gasteiger partial charge in [-0.05, 0) is 35.2 Å². The van der Waals surface area contributed by atoms with Crippen molar-refractivity contribution < 1.29 is 9.90 Å². The molecule has 0 fully saturated rings. The molecule has 0 saturated heterocycles. The fourth-order valence-electron chi connectivity index (χ4n) is 2.20. The monoisotopic (exact) mass is 306 g/mol. The summed E-state index contributed by atoms with van der Waals surface area (Å²) in [4.78, 5) is 11.6. The van der Waals surface area contributed by atoms with E-state index >= 15 is 0 Å². The number of aromatic nitrogens is 1. The van der Waals surface area contributed by atoms with Crippen LogP contribution in [0.5, 0.6) is 0 Å². The predicted molar refractivity (Wildman–Crippen MR) is 83.3 cm³/mol. The van der Waals surface area contributed by atoms with Gasteiger partial charge >= 0.3 is 0 Å². The van der Waals surface area contributed by atoms with Gasteiger partial charge in [0, 0.05) is 17.8 Å². The summed E-state index contributed by atoms with van der Waals surface area (Å²) < 4.78 is 1.76. The van der Waals surface area contributed by atoms with Gasteiger partial charge in [0.2, 0.25) is 0 Å². The first-order chi connectivity index (χ1) is 9.88. The Hall–Kier alpha value is -1.78. The number of rotatable bonds is 5. The van der Waals surface area contributed by atoms with Crippen LogP contribution in [0.1, 0.15) is 41.6 Å². The highest BCUT2D eigenvalue weighted by Crippen LogP contribution is 2.24. The van der Waals surface area contributed by atoms with E-state index in [1.54, 1.807) is 29.0 Å². The van der Waals surface area contributed by atoms with Crippen LogP contribution in [0, 0.1) is 5.92 Å². The van der Waals surface area contributed by atoms with Crippen LogP contribution in [0.2, 0.25) is 5.02 Å². The van der Waals surface area contributed by atoms with Crippen LogP contribution in [0.15, 0.2) is 36.5 Å². The number of carbonyl (C=O) groups excluding carboxylic acids is 1. The number of halogens is 1. The van der Waals surface area contributed by atoms with Gasteiger partial charge < -0.3 is 15.4 Å². The van der Waals surface area contributed by atoms with Crippen molar-refractivity contribution in [1.29, 1.82) is 0 Å². The van der Waals surface area contributed by atoms with Gasteiger partial charge in [-0.2, -0.15) is 0 Å². The molecule has 0 aliphatic heterocycles. The number of amides is 1. The van der Waals surface area contributed by atoms with Crippen molar-refractivity contribution in [3.05, 3.63) is 58.4 Å². The van der Waals surface area contributed by atoms with E-state index in [0.29, 0.717) is 22.8 Å². The quantitative estimate of drug-likeness (QED) is 0.891. The van der Waals surface area contributed by atoms with Crippen molar-refractivity contribution in [1.82, 2.24) is 4.57 Å². The number of aliphatic hydroxyl groups is 1. The molecule has 4 nitrogen and oxygen atoms in total. The smallest absolute Gasteiger partial charge is 0.265 e. The molecule has 0 spiro atoms. The molecule has 0 aliphatic rings. The summed E-state index contributed by atoms with van der Waals surface area (Å²) in [6.07, 6.45) is 1.16. The van der Waals surface area contributed by atoms with Crippen LogP contribution in [0.4, 0.5) is 0 Å². The Morgan fingerprint density at radius 2 is 1.95 bits per heavy atom. The van der Waals surface area contributed by atoms with Crippen molar-refractivity contribution in [3.8, 4) is 0 Å². The zero-order chi connectivity index (χ0) is 15.6. The summed E-state index contributed by atoms with van der Waals surface area (Å²) in [6, 6.07) is 9.04. The lowest BCUT2D eigenvalue weighted by Gasteiger charge is -2.12. The molecule has 1 heterocycles. The number of hydrogen-bond acceptors (Lipinski definition) is 2. The standard InChI is InChI=1S/C16H19ClN2O2/c1-10(2)15(20)12-7-14(16(18)21)19(9-12)8-11-3-5-13(17)6-4-11/h3-7,9-10,15,20H,8H2,1-2H3,(H2,18,21). The van der Waals surface area contributed by atoms with Gasteiger partial charge in [0.15, 0.2) is 0 Å². The lowest BCUT2D eigenvalue weighted by atomic mass is 10.0. The highest BCUT2D eigenvalue weighted by atomic mass is 35.5. The van der Waals surface area contributed by atoms with Crippen molar-refractivity contribution in [3.63, 3.8) is 0 Å². The largest absolute Gasteiger partial charge is 0.388 e. The van der Waals surface area contributed by atoms with Gasteiger partial charge in [-0.3, -0.25) is 4.79 Å². The predicted octanol–water partition coefficient (Wildman–Crippen LogP) is 2.98. The molecule has 1 amide bonds. The fraction of sp³-hybridized carbons (Fsp3) is 0.312. The lowest BCUT2D eigenvalue weighted by Crippen LogP contribution is -2.16. The van der Waals surface area contributed by atoms with Crippen LogP contribution >= 0.6 is 11.6 Å². The molecule has 2 rings (SSSR count). The summed E-state index contributed by atoms with van der Waals surface area (Å²) in [5.74, 6) is -0.441. The van der Waals surface area contributed by atoms with E-state index in [9.17, 15) is 9.90 Å². The third-order valence-corrected chi connectivity index (χ3v) is 3.66. The Morgan fingerprint density at radius 1 is 1.33 bits per heavy atom. The van der Waals surface area contributed by atoms with E-state index in [2.05, 4.69) is 0 Å². The molecular formula is C16H19ClN2O2. The minimum atomic E-state index is -0.616. The molecule has 2 aromatic rings. The van der Waals surface area contributed by atoms with E-state index in [4.69, 9.17) is 17.3 Å². The van der Waals surface area contributed by atoms with E-state index in [-0.39, 0.29) is 5.92 Å². The van der Waals surface area contributed by atoms with Crippen molar-refractivity contribution in [2.24, 2.45) is 11.7 Å². The molecule has 0 bridgehead atoms. The van der Waals surface area contributed by atoms with Gasteiger partial charge in [-0.15, -0.1) is 0 Å². The van der Waals surface area contributed by atoms with Gasteiger partial charge in [0.05, 0.1) is 6.10 Å². The highest BCUT2D eigenvalue weighted by molar-refractivity contribution is 6.30. The molecule has 0 aliphatic carbocycles. The Bertz CT molecular complexity index is 632. The average Bonchev–Trinajstić information content (AvgIpc) is 2.84. The van der Waals surface area contributed by atoms with Gasteiger partial charge in [0.25, 0.3) is 5.91 Å². The molecule has 21 heavy (non-hydrogen) atoms. The zero-order valence-electron chi connectivity index (χ0n) is 12.1. The second-order valence-electron chi connectivity index (χ2n) is 5.47. The summed E-state index contributed by atoms with van der Waals surface area (Å²) in [5, 5.41) is 10.8. The topological polar surface area (TPSA) is 68.2 Å². The Balaban J connectivity index is 2.33. The first-order valence-corrected chi connectivity index (χ1v) is 7.18. The van der Waals surface area contributed by atoms with E-state index in [1.165, 1.54) is 0 Å². The second kappa shape index (κ2) is 6.33. The molecule has 0 radical (unpaired) electrons. The van der Waals surface area contributed by atoms with Crippen molar-refractivity contribution in [2.75, 3.05) is 0 Å². The maximum absolute atomic E-state index is 11.6. The molecule has 5 heteroatoms. The van der Waals surface area contributed by atoms with Crippen LogP contribution in [-0.2, 0) is 6.54 Å². The fourth-order valence-corrected chi connectivity index (χ4v) is 2.33. The molecule has 1 aromatic carbocycles. The molecule has 112 valence electrons. The van der Waals surface area contributed by atoms with E-state index in [1.807, 2.05) is 26.0 Å². The van der Waals surface area contributed by atoms with Gasteiger partial charge in [-0.1, -0.05) is 37.6 Å². The summed E-state index contributed by atoms with van der Waals surface area (Å²) in [6.45, 7) is 4.34. The summed E-state index contributed by atoms with van der Waals surface area (Å²) >= 11 is 5.86. The van der Waals surface area contributed by atoms with E-state index in [0.717, 1.165) is 5.56 Å². The number of hydrogen-bond donors (Lipinski definition) is 2. The van der Waals surface area contributed by atoms with Crippen molar-refractivity contribution >= 4 is 17.5 Å². The van der Waals surface area contributed by atoms with Crippen LogP contribution in [0.25, 0.3) is 0 Å². The summed E-state index contributed by atoms with van der Waals surface area (Å²) in [5.41, 5.74) is 7.51. The third kappa shape index (κ3) is 3.65. The molecule has 3 N–H and O–H groups in total. The summed E-state index contributed by atoms with van der Waals surface area (Å²) in [7, 11) is 0. The second-order valence-corrected chi connectivity index (χ2v) is 5.90. The SMILES string of the molecule is CC(C)C(O)c1cc(C(N)=O)n(Cc2ccc(Cl)cc2)c1. The van der Waals surface area contributed by atoms with Crippen LogP contribution < -0.4 is 5.73 Å². The minimum Gasteiger partial charge on any atom is -0.388 e. The Kier molecular flexibility index (Phi) is 4.70. The van der Waals surface area contributed by atoms with Crippen LogP contribution in [-0.4, -0.2) is 15.6 Å². The number of nitrogens with zero attached hydrogens (tertiary/aromatic N) is 1. The lowest BCUT2D eigenvalue weighted by molar-refractivity contribution is 0.0992. The maximum atomic E-state index is 11.6. The Morgan fingerprint density at radius 3 is 2.48 bits per heavy atom. The van der Waals surface area contributed by atoms with Gasteiger partial charge in [0.1, 0.15) is 5.69 Å². The normalized spacial score (nSPS) is 12.6. The first kappa shape index (κ1) is 15.6. The van der Waals surface area contributed by atoms with Crippen LogP contribution in [0.3, 0.4) is 0 Å². The first-order valence-electron chi connectivity index (χ1n) is 6.81. The van der Waals surface area contributed by atoms with E-state index < -0.39 is 12.0 Å².